The molecular formula is C30H33N3O2. The van der Waals surface area contributed by atoms with E-state index in [2.05, 4.69) is 57.8 Å². The summed E-state index contributed by atoms with van der Waals surface area (Å²) >= 11 is 0. The van der Waals surface area contributed by atoms with E-state index in [-0.39, 0.29) is 5.97 Å². The number of benzene rings is 2. The zero-order valence-electron chi connectivity index (χ0n) is 20.6. The average molecular weight is 468 g/mol. The number of esters is 1. The number of rotatable bonds is 7. The monoisotopic (exact) mass is 467 g/mol. The quantitative estimate of drug-likeness (QED) is 0.330. The van der Waals surface area contributed by atoms with Gasteiger partial charge in [-0.05, 0) is 86.7 Å². The number of fused-ring (bicyclic) bond motifs is 1. The number of carbonyl (C=O) groups is 1. The lowest BCUT2D eigenvalue weighted by Crippen LogP contribution is -2.34. The number of pyridine rings is 1. The number of methoxy groups -OCH3 is 1. The van der Waals surface area contributed by atoms with E-state index in [1.807, 2.05) is 36.5 Å². The van der Waals surface area contributed by atoms with E-state index >= 15 is 0 Å². The van der Waals surface area contributed by atoms with Crippen LogP contribution in [0.4, 0.5) is 0 Å². The molecule has 0 spiro atoms. The Morgan fingerprint density at radius 3 is 2.46 bits per heavy atom. The fraction of sp³-hybridized carbons (Fsp3) is 0.333. The number of ether oxygens (including phenoxy) is 1. The molecule has 180 valence electrons. The molecular weight excluding hydrogens is 434 g/mol. The van der Waals surface area contributed by atoms with Gasteiger partial charge in [-0.1, -0.05) is 36.4 Å². The van der Waals surface area contributed by atoms with Crippen LogP contribution >= 0.6 is 0 Å². The van der Waals surface area contributed by atoms with Crippen LogP contribution in [0.5, 0.6) is 0 Å². The fourth-order valence-electron chi connectivity index (χ4n) is 5.35. The second kappa shape index (κ2) is 10.4. The molecule has 0 saturated carbocycles. The Hall–Kier alpha value is -3.44. The van der Waals surface area contributed by atoms with E-state index in [1.165, 1.54) is 47.7 Å². The molecule has 1 fully saturated rings. The molecule has 0 radical (unpaired) electrons. The summed E-state index contributed by atoms with van der Waals surface area (Å²) in [6, 6.07) is 22.7. The van der Waals surface area contributed by atoms with E-state index in [1.54, 1.807) is 0 Å². The van der Waals surface area contributed by atoms with E-state index in [9.17, 15) is 4.79 Å². The topological polar surface area (TPSA) is 47.4 Å². The molecule has 1 aliphatic heterocycles. The number of hydrogen-bond donors (Lipinski definition) is 0. The lowest BCUT2D eigenvalue weighted by molar-refractivity contribution is 0.0600. The van der Waals surface area contributed by atoms with Crippen LogP contribution in [0.1, 0.15) is 45.7 Å². The van der Waals surface area contributed by atoms with Crippen LogP contribution < -0.4 is 0 Å². The van der Waals surface area contributed by atoms with Gasteiger partial charge in [0.1, 0.15) is 0 Å². The summed E-state index contributed by atoms with van der Waals surface area (Å²) in [5, 5.41) is 1.33. The first-order chi connectivity index (χ1) is 17.1. The normalized spacial score (nSPS) is 14.9. The van der Waals surface area contributed by atoms with Gasteiger partial charge < -0.3 is 9.30 Å². The van der Waals surface area contributed by atoms with Gasteiger partial charge in [0.15, 0.2) is 0 Å². The standard InChI is InChI=1S/C30H33N3O2/c1-22-28(19-23-10-12-25(13-11-23)30(34)35-2)27-8-3-4-9-29(27)33(22)20-24-14-17-32(18-15-24)21-26-7-5-6-16-31-26/h3-13,16,24H,14-15,17-21H2,1-2H3. The number of aromatic nitrogens is 2. The summed E-state index contributed by atoms with van der Waals surface area (Å²) in [5.74, 6) is 0.382. The molecule has 3 heterocycles. The second-order valence-corrected chi connectivity index (χ2v) is 9.60. The molecule has 0 N–H and O–H groups in total. The SMILES string of the molecule is COC(=O)c1ccc(Cc2c(C)n(CC3CCN(Cc4ccccn4)CC3)c3ccccc23)cc1. The van der Waals surface area contributed by atoms with Gasteiger partial charge >= 0.3 is 5.97 Å². The predicted molar refractivity (Wildman–Crippen MR) is 140 cm³/mol. The van der Waals surface area contributed by atoms with Crippen molar-refractivity contribution in [3.05, 3.63) is 101 Å². The van der Waals surface area contributed by atoms with Crippen molar-refractivity contribution >= 4 is 16.9 Å². The zero-order valence-corrected chi connectivity index (χ0v) is 20.6. The molecule has 5 rings (SSSR count). The van der Waals surface area contributed by atoms with Crippen LogP contribution in [0, 0.1) is 12.8 Å². The highest BCUT2D eigenvalue weighted by atomic mass is 16.5. The molecule has 2 aromatic carbocycles. The van der Waals surface area contributed by atoms with Crippen molar-refractivity contribution in [1.29, 1.82) is 0 Å². The van der Waals surface area contributed by atoms with Gasteiger partial charge in [0.05, 0.1) is 18.4 Å². The molecule has 2 aromatic heterocycles. The van der Waals surface area contributed by atoms with Crippen LogP contribution in [-0.4, -0.2) is 40.6 Å². The minimum absolute atomic E-state index is 0.296. The smallest absolute Gasteiger partial charge is 0.337 e. The zero-order chi connectivity index (χ0) is 24.2. The molecule has 0 bridgehead atoms. The van der Waals surface area contributed by atoms with Crippen molar-refractivity contribution < 1.29 is 9.53 Å². The maximum atomic E-state index is 11.8. The minimum Gasteiger partial charge on any atom is -0.465 e. The lowest BCUT2D eigenvalue weighted by atomic mass is 9.96. The third kappa shape index (κ3) is 5.15. The molecule has 35 heavy (non-hydrogen) atoms. The van der Waals surface area contributed by atoms with Gasteiger partial charge in [0.25, 0.3) is 0 Å². The Morgan fingerprint density at radius 2 is 1.74 bits per heavy atom. The minimum atomic E-state index is -0.296. The Balaban J connectivity index is 1.30. The molecule has 5 nitrogen and oxygen atoms in total. The maximum Gasteiger partial charge on any atom is 0.337 e. The first kappa shape index (κ1) is 23.3. The predicted octanol–water partition coefficient (Wildman–Crippen LogP) is 5.63. The van der Waals surface area contributed by atoms with Crippen molar-refractivity contribution in [2.75, 3.05) is 20.2 Å². The number of hydrogen-bond acceptors (Lipinski definition) is 4. The number of nitrogens with zero attached hydrogens (tertiary/aromatic N) is 3. The summed E-state index contributed by atoms with van der Waals surface area (Å²) in [4.78, 5) is 18.8. The van der Waals surface area contributed by atoms with E-state index in [0.29, 0.717) is 11.5 Å². The van der Waals surface area contributed by atoms with Crippen molar-refractivity contribution in [2.45, 2.75) is 39.3 Å². The summed E-state index contributed by atoms with van der Waals surface area (Å²) in [6.07, 6.45) is 5.16. The van der Waals surface area contributed by atoms with Gasteiger partial charge in [-0.15, -0.1) is 0 Å². The van der Waals surface area contributed by atoms with E-state index < -0.39 is 0 Å². The summed E-state index contributed by atoms with van der Waals surface area (Å²) < 4.78 is 7.37. The average Bonchev–Trinajstić information content (AvgIpc) is 3.16. The first-order valence-electron chi connectivity index (χ1n) is 12.5. The van der Waals surface area contributed by atoms with Gasteiger partial charge in [0, 0.05) is 35.9 Å². The summed E-state index contributed by atoms with van der Waals surface area (Å²) in [7, 11) is 1.42. The van der Waals surface area contributed by atoms with Crippen LogP contribution in [0.2, 0.25) is 0 Å². The highest BCUT2D eigenvalue weighted by Crippen LogP contribution is 2.31. The largest absolute Gasteiger partial charge is 0.465 e. The number of para-hydroxylation sites is 1. The van der Waals surface area contributed by atoms with Crippen molar-refractivity contribution in [3.8, 4) is 0 Å². The van der Waals surface area contributed by atoms with Crippen molar-refractivity contribution in [2.24, 2.45) is 5.92 Å². The molecule has 0 amide bonds. The Bertz CT molecular complexity index is 1290. The fourth-order valence-corrected chi connectivity index (χ4v) is 5.35. The van der Waals surface area contributed by atoms with Gasteiger partial charge in [0.2, 0.25) is 0 Å². The Kier molecular flexibility index (Phi) is 6.96. The highest BCUT2D eigenvalue weighted by molar-refractivity contribution is 5.89. The van der Waals surface area contributed by atoms with Gasteiger partial charge in [-0.2, -0.15) is 0 Å². The molecule has 0 unspecified atom stereocenters. The Labute approximate surface area is 207 Å². The van der Waals surface area contributed by atoms with Gasteiger partial charge in [-0.3, -0.25) is 9.88 Å². The molecule has 0 atom stereocenters. The van der Waals surface area contributed by atoms with Crippen LogP contribution in [0.25, 0.3) is 10.9 Å². The van der Waals surface area contributed by atoms with Crippen molar-refractivity contribution in [3.63, 3.8) is 0 Å². The van der Waals surface area contributed by atoms with Crippen LogP contribution in [0.15, 0.2) is 72.9 Å². The van der Waals surface area contributed by atoms with E-state index in [0.717, 1.165) is 38.3 Å². The van der Waals surface area contributed by atoms with Gasteiger partial charge in [-0.25, -0.2) is 4.79 Å². The molecule has 1 aliphatic rings. The second-order valence-electron chi connectivity index (χ2n) is 9.60. The van der Waals surface area contributed by atoms with E-state index in [4.69, 9.17) is 4.74 Å². The summed E-state index contributed by atoms with van der Waals surface area (Å²) in [6.45, 7) is 6.51. The lowest BCUT2D eigenvalue weighted by Gasteiger charge is -2.32. The Morgan fingerprint density at radius 1 is 1.00 bits per heavy atom. The third-order valence-electron chi connectivity index (χ3n) is 7.38. The molecule has 5 heteroatoms. The number of piperidine rings is 1. The number of likely N-dealkylation sites (tertiary alicyclic amines) is 1. The van der Waals surface area contributed by atoms with Crippen LogP contribution in [-0.2, 0) is 24.2 Å². The highest BCUT2D eigenvalue weighted by Gasteiger charge is 2.22. The maximum absolute atomic E-state index is 11.8. The molecule has 1 saturated heterocycles. The third-order valence-corrected chi connectivity index (χ3v) is 7.38. The summed E-state index contributed by atoms with van der Waals surface area (Å²) in [5.41, 5.74) is 6.99. The molecule has 4 aromatic rings. The van der Waals surface area contributed by atoms with Crippen molar-refractivity contribution in [1.82, 2.24) is 14.5 Å². The number of carbonyl (C=O) groups excluding carboxylic acids is 1. The molecule has 0 aliphatic carbocycles. The first-order valence-corrected chi connectivity index (χ1v) is 12.5. The van der Waals surface area contributed by atoms with Crippen LogP contribution in [0.3, 0.4) is 0 Å².